The van der Waals surface area contributed by atoms with Crippen LogP contribution in [0.3, 0.4) is 0 Å². The minimum atomic E-state index is -0.371. The second kappa shape index (κ2) is 8.80. The maximum atomic E-state index is 14.4. The van der Waals surface area contributed by atoms with E-state index in [2.05, 4.69) is 16.7 Å². The Balaban J connectivity index is 1.46. The summed E-state index contributed by atoms with van der Waals surface area (Å²) in [5.41, 5.74) is 1.13. The van der Waals surface area contributed by atoms with Crippen molar-refractivity contribution in [1.82, 2.24) is 10.6 Å². The molecule has 2 amide bonds. The molecule has 1 aliphatic heterocycles. The van der Waals surface area contributed by atoms with Gasteiger partial charge < -0.3 is 15.5 Å². The topological polar surface area (TPSA) is 61.4 Å². The summed E-state index contributed by atoms with van der Waals surface area (Å²) in [6, 6.07) is 8.96. The van der Waals surface area contributed by atoms with Crippen LogP contribution in [-0.4, -0.2) is 31.4 Å². The van der Waals surface area contributed by atoms with E-state index in [0.29, 0.717) is 37.3 Å². The van der Waals surface area contributed by atoms with Crippen LogP contribution >= 0.6 is 11.3 Å². The van der Waals surface area contributed by atoms with Gasteiger partial charge >= 0.3 is 0 Å². The van der Waals surface area contributed by atoms with Gasteiger partial charge in [0.1, 0.15) is 5.82 Å². The molecule has 7 heteroatoms. The minimum absolute atomic E-state index is 0.0289. The lowest BCUT2D eigenvalue weighted by Crippen LogP contribution is -2.48. The number of carbonyl (C=O) groups excluding carboxylic acids is 2. The third-order valence-electron chi connectivity index (χ3n) is 4.29. The van der Waals surface area contributed by atoms with Crippen LogP contribution in [0.5, 0.6) is 0 Å². The third-order valence-corrected chi connectivity index (χ3v) is 5.22. The van der Waals surface area contributed by atoms with Gasteiger partial charge in [-0.1, -0.05) is 12.1 Å². The average molecular weight is 375 g/mol. The number of thiophene rings is 1. The van der Waals surface area contributed by atoms with Crippen molar-refractivity contribution in [2.45, 2.75) is 25.8 Å². The Kier molecular flexibility index (Phi) is 6.22. The Labute approximate surface area is 156 Å². The first-order valence-corrected chi connectivity index (χ1v) is 9.59. The van der Waals surface area contributed by atoms with Gasteiger partial charge in [-0.2, -0.15) is 0 Å². The number of rotatable bonds is 7. The van der Waals surface area contributed by atoms with Crippen molar-refractivity contribution in [2.75, 3.05) is 24.5 Å². The summed E-state index contributed by atoms with van der Waals surface area (Å²) >= 11 is 1.70. The van der Waals surface area contributed by atoms with E-state index in [-0.39, 0.29) is 24.2 Å². The molecule has 0 radical (unpaired) electrons. The standard InChI is InChI=1S/C19H22FN3O2S/c20-16-11-14(6-7-17(16)23-9-8-21-19(25)13-23)12-22-18(24)5-1-3-15-4-2-10-26-15/h2,4,6-7,10-11H,1,3,5,8-9,12-13H2,(H,21,25)(H,22,24). The number of benzene rings is 1. The van der Waals surface area contributed by atoms with Crippen LogP contribution in [0.1, 0.15) is 23.3 Å². The molecule has 0 unspecified atom stereocenters. The first kappa shape index (κ1) is 18.4. The van der Waals surface area contributed by atoms with E-state index in [1.807, 2.05) is 11.4 Å². The third kappa shape index (κ3) is 5.05. The molecular weight excluding hydrogens is 353 g/mol. The van der Waals surface area contributed by atoms with Gasteiger partial charge in [0.15, 0.2) is 0 Å². The van der Waals surface area contributed by atoms with E-state index in [0.717, 1.165) is 12.8 Å². The van der Waals surface area contributed by atoms with Crippen LogP contribution in [-0.2, 0) is 22.6 Å². The Morgan fingerprint density at radius 1 is 1.35 bits per heavy atom. The second-order valence-electron chi connectivity index (χ2n) is 6.27. The Bertz CT molecular complexity index is 764. The number of nitrogens with zero attached hydrogens (tertiary/aromatic N) is 1. The first-order chi connectivity index (χ1) is 12.6. The van der Waals surface area contributed by atoms with Gasteiger partial charge in [-0.25, -0.2) is 4.39 Å². The summed E-state index contributed by atoms with van der Waals surface area (Å²) in [6.07, 6.45) is 2.16. The minimum Gasteiger partial charge on any atom is -0.358 e. The fourth-order valence-electron chi connectivity index (χ4n) is 2.93. The molecule has 2 aromatic rings. The number of hydrogen-bond acceptors (Lipinski definition) is 4. The smallest absolute Gasteiger partial charge is 0.239 e. The van der Waals surface area contributed by atoms with Crippen molar-refractivity contribution < 1.29 is 14.0 Å². The van der Waals surface area contributed by atoms with Gasteiger partial charge in [-0.3, -0.25) is 9.59 Å². The zero-order chi connectivity index (χ0) is 18.4. The molecule has 1 aromatic heterocycles. The maximum Gasteiger partial charge on any atom is 0.239 e. The number of hydrogen-bond donors (Lipinski definition) is 2. The number of carbonyl (C=O) groups is 2. The van der Waals surface area contributed by atoms with Crippen molar-refractivity contribution in [2.24, 2.45) is 0 Å². The fraction of sp³-hybridized carbons (Fsp3) is 0.368. The Morgan fingerprint density at radius 2 is 2.23 bits per heavy atom. The number of anilines is 1. The summed E-state index contributed by atoms with van der Waals surface area (Å²) in [7, 11) is 0. The van der Waals surface area contributed by atoms with Crippen molar-refractivity contribution in [3.63, 3.8) is 0 Å². The van der Waals surface area contributed by atoms with Crippen LogP contribution in [0, 0.1) is 5.82 Å². The van der Waals surface area contributed by atoms with Crippen LogP contribution in [0.2, 0.25) is 0 Å². The summed E-state index contributed by atoms with van der Waals surface area (Å²) < 4.78 is 14.4. The van der Waals surface area contributed by atoms with E-state index >= 15 is 0 Å². The molecule has 1 aliphatic rings. The second-order valence-corrected chi connectivity index (χ2v) is 7.30. The lowest BCUT2D eigenvalue weighted by Gasteiger charge is -2.29. The molecule has 1 saturated heterocycles. The van der Waals surface area contributed by atoms with E-state index in [4.69, 9.17) is 0 Å². The zero-order valence-electron chi connectivity index (χ0n) is 14.5. The molecule has 0 aliphatic carbocycles. The Hall–Kier alpha value is -2.41. The van der Waals surface area contributed by atoms with Crippen molar-refractivity contribution >= 4 is 28.8 Å². The molecule has 0 atom stereocenters. The van der Waals surface area contributed by atoms with E-state index < -0.39 is 0 Å². The Morgan fingerprint density at radius 3 is 2.96 bits per heavy atom. The molecule has 5 nitrogen and oxygen atoms in total. The average Bonchev–Trinajstić information content (AvgIpc) is 3.13. The summed E-state index contributed by atoms with van der Waals surface area (Å²) in [6.45, 7) is 1.57. The molecule has 138 valence electrons. The van der Waals surface area contributed by atoms with Crippen molar-refractivity contribution in [3.05, 3.63) is 52.0 Å². The van der Waals surface area contributed by atoms with Crippen molar-refractivity contribution in [3.8, 4) is 0 Å². The molecule has 2 N–H and O–H groups in total. The summed E-state index contributed by atoms with van der Waals surface area (Å²) in [5, 5.41) is 7.59. The highest BCUT2D eigenvalue weighted by molar-refractivity contribution is 7.09. The number of piperazine rings is 1. The van der Waals surface area contributed by atoms with E-state index in [1.165, 1.54) is 10.9 Å². The number of amides is 2. The predicted molar refractivity (Wildman–Crippen MR) is 101 cm³/mol. The monoisotopic (exact) mass is 375 g/mol. The molecule has 1 aromatic carbocycles. The summed E-state index contributed by atoms with van der Waals surface area (Å²) in [5.74, 6) is -0.502. The maximum absolute atomic E-state index is 14.4. The van der Waals surface area contributed by atoms with E-state index in [1.54, 1.807) is 28.4 Å². The van der Waals surface area contributed by atoms with Gasteiger partial charge in [0.05, 0.1) is 12.2 Å². The number of halogens is 1. The van der Waals surface area contributed by atoms with Gasteiger partial charge in [-0.15, -0.1) is 11.3 Å². The number of aryl methyl sites for hydroxylation is 1. The highest BCUT2D eigenvalue weighted by Gasteiger charge is 2.19. The molecule has 1 fully saturated rings. The van der Waals surface area contributed by atoms with Crippen LogP contribution in [0.25, 0.3) is 0 Å². The molecule has 26 heavy (non-hydrogen) atoms. The van der Waals surface area contributed by atoms with Crippen molar-refractivity contribution in [1.29, 1.82) is 0 Å². The predicted octanol–water partition coefficient (Wildman–Crippen LogP) is 2.46. The van der Waals surface area contributed by atoms with Crippen LogP contribution in [0.15, 0.2) is 35.7 Å². The largest absolute Gasteiger partial charge is 0.358 e. The highest BCUT2D eigenvalue weighted by Crippen LogP contribution is 2.21. The quantitative estimate of drug-likeness (QED) is 0.782. The molecule has 0 saturated carbocycles. The molecule has 3 rings (SSSR count). The molecular formula is C19H22FN3O2S. The number of nitrogens with one attached hydrogen (secondary N) is 2. The van der Waals surface area contributed by atoms with Gasteiger partial charge in [0, 0.05) is 30.9 Å². The highest BCUT2D eigenvalue weighted by atomic mass is 32.1. The van der Waals surface area contributed by atoms with Gasteiger partial charge in [0.2, 0.25) is 11.8 Å². The van der Waals surface area contributed by atoms with E-state index in [9.17, 15) is 14.0 Å². The first-order valence-electron chi connectivity index (χ1n) is 8.71. The molecule has 2 heterocycles. The lowest BCUT2D eigenvalue weighted by atomic mass is 10.1. The molecule has 0 spiro atoms. The van der Waals surface area contributed by atoms with Crippen LogP contribution in [0.4, 0.5) is 10.1 Å². The normalized spacial score (nSPS) is 14.2. The lowest BCUT2D eigenvalue weighted by molar-refractivity contribution is -0.121. The molecule has 0 bridgehead atoms. The SMILES string of the molecule is O=C(CCCc1cccs1)NCc1ccc(N2CCNC(=O)C2)c(F)c1. The summed E-state index contributed by atoms with van der Waals surface area (Å²) in [4.78, 5) is 26.4. The van der Waals surface area contributed by atoms with Gasteiger partial charge in [0.25, 0.3) is 0 Å². The van der Waals surface area contributed by atoms with Crippen LogP contribution < -0.4 is 15.5 Å². The fourth-order valence-corrected chi connectivity index (χ4v) is 3.68. The zero-order valence-corrected chi connectivity index (χ0v) is 15.3. The van der Waals surface area contributed by atoms with Gasteiger partial charge in [-0.05, 0) is 42.0 Å².